The van der Waals surface area contributed by atoms with Crippen molar-refractivity contribution in [3.8, 4) is 0 Å². The zero-order chi connectivity index (χ0) is 10.3. The van der Waals surface area contributed by atoms with E-state index in [0.717, 1.165) is 11.3 Å². The molecule has 2 heterocycles. The van der Waals surface area contributed by atoms with Crippen molar-refractivity contribution in [2.75, 3.05) is 0 Å². The summed E-state index contributed by atoms with van der Waals surface area (Å²) in [5.74, 6) is 0. The van der Waals surface area contributed by atoms with E-state index in [1.807, 2.05) is 6.92 Å². The quantitative estimate of drug-likeness (QED) is 0.672. The highest BCUT2D eigenvalue weighted by atomic mass is 16.1. The van der Waals surface area contributed by atoms with Gasteiger partial charge in [0, 0.05) is 29.6 Å². The number of hydrogen-bond acceptors (Lipinski definition) is 3. The maximum absolute atomic E-state index is 11.7. The predicted octanol–water partition coefficient (Wildman–Crippen LogP) is 0.0981. The van der Waals surface area contributed by atoms with Gasteiger partial charge in [-0.15, -0.1) is 0 Å². The van der Waals surface area contributed by atoms with E-state index in [0.29, 0.717) is 17.8 Å². The molecule has 0 bridgehead atoms. The van der Waals surface area contributed by atoms with Gasteiger partial charge in [0.1, 0.15) is 0 Å². The van der Waals surface area contributed by atoms with E-state index < -0.39 is 0 Å². The lowest BCUT2D eigenvalue weighted by Crippen LogP contribution is -2.19. The zero-order valence-electron chi connectivity index (χ0n) is 8.16. The number of aromatic nitrogens is 3. The molecule has 0 saturated carbocycles. The number of aryl methyl sites for hydroxylation is 1. The minimum Gasteiger partial charge on any atom is -0.326 e. The van der Waals surface area contributed by atoms with Gasteiger partial charge in [-0.3, -0.25) is 9.89 Å². The Labute approximate surface area is 80.6 Å². The molecule has 0 spiro atoms. The Hall–Kier alpha value is -1.62. The van der Waals surface area contributed by atoms with E-state index in [1.165, 1.54) is 4.52 Å². The number of rotatable bonds is 1. The molecule has 0 aliphatic carbocycles. The number of nitrogens with zero attached hydrogens (tertiary/aromatic N) is 2. The first-order chi connectivity index (χ1) is 6.65. The molecular weight excluding hydrogens is 180 g/mol. The fourth-order valence-electron chi connectivity index (χ4n) is 1.40. The number of nitrogens with one attached hydrogen (secondary N) is 1. The summed E-state index contributed by atoms with van der Waals surface area (Å²) < 4.78 is 1.42. The van der Waals surface area contributed by atoms with Gasteiger partial charge >= 0.3 is 0 Å². The summed E-state index contributed by atoms with van der Waals surface area (Å²) in [6.07, 6.45) is 1.71. The van der Waals surface area contributed by atoms with Crippen molar-refractivity contribution in [3.05, 3.63) is 33.4 Å². The first-order valence-corrected chi connectivity index (χ1v) is 4.41. The number of H-pyrrole nitrogens is 1. The summed E-state index contributed by atoms with van der Waals surface area (Å²) in [4.78, 5) is 16.0. The van der Waals surface area contributed by atoms with Crippen molar-refractivity contribution in [2.45, 2.75) is 20.4 Å². The molecule has 74 valence electrons. The van der Waals surface area contributed by atoms with Crippen LogP contribution in [0.4, 0.5) is 0 Å². The molecule has 2 aromatic heterocycles. The lowest BCUT2D eigenvalue weighted by molar-refractivity contribution is 0.873. The minimum absolute atomic E-state index is 0.0628. The van der Waals surface area contributed by atoms with Crippen molar-refractivity contribution in [2.24, 2.45) is 5.73 Å². The average Bonchev–Trinajstić information content (AvgIpc) is 2.57. The molecule has 0 aliphatic heterocycles. The van der Waals surface area contributed by atoms with E-state index in [2.05, 4.69) is 10.1 Å². The fourth-order valence-corrected chi connectivity index (χ4v) is 1.40. The van der Waals surface area contributed by atoms with Crippen molar-refractivity contribution in [3.63, 3.8) is 0 Å². The summed E-state index contributed by atoms with van der Waals surface area (Å²) in [6, 6.07) is 0. The van der Waals surface area contributed by atoms with E-state index in [4.69, 9.17) is 5.73 Å². The third kappa shape index (κ3) is 1.06. The molecule has 0 fully saturated rings. The summed E-state index contributed by atoms with van der Waals surface area (Å²) in [5.41, 5.74) is 8.35. The van der Waals surface area contributed by atoms with E-state index in [9.17, 15) is 4.79 Å². The number of hydrogen-bond donors (Lipinski definition) is 2. The highest BCUT2D eigenvalue weighted by Gasteiger charge is 2.09. The Morgan fingerprint density at radius 2 is 2.29 bits per heavy atom. The van der Waals surface area contributed by atoms with Gasteiger partial charge in [-0.25, -0.2) is 9.50 Å². The summed E-state index contributed by atoms with van der Waals surface area (Å²) >= 11 is 0. The van der Waals surface area contributed by atoms with Crippen molar-refractivity contribution >= 4 is 5.65 Å². The lowest BCUT2D eigenvalue weighted by atomic mass is 10.2. The van der Waals surface area contributed by atoms with Crippen molar-refractivity contribution in [1.82, 2.24) is 14.6 Å². The summed E-state index contributed by atoms with van der Waals surface area (Å²) in [5, 5.41) is 2.84. The van der Waals surface area contributed by atoms with Gasteiger partial charge in [0.25, 0.3) is 5.56 Å². The van der Waals surface area contributed by atoms with Crippen LogP contribution in [0.2, 0.25) is 0 Å². The second kappa shape index (κ2) is 2.95. The Morgan fingerprint density at radius 3 is 2.93 bits per heavy atom. The molecule has 5 heteroatoms. The minimum atomic E-state index is -0.0628. The fraction of sp³-hybridized carbons (Fsp3) is 0.333. The molecule has 0 aromatic carbocycles. The Kier molecular flexibility index (Phi) is 1.89. The lowest BCUT2D eigenvalue weighted by Gasteiger charge is -2.00. The molecule has 5 nitrogen and oxygen atoms in total. The molecule has 0 unspecified atom stereocenters. The van der Waals surface area contributed by atoms with Gasteiger partial charge in [-0.1, -0.05) is 0 Å². The number of nitrogens with two attached hydrogens (primary N) is 1. The third-order valence-electron chi connectivity index (χ3n) is 2.43. The van der Waals surface area contributed by atoms with Crippen molar-refractivity contribution < 1.29 is 0 Å². The Balaban J connectivity index is 2.94. The van der Waals surface area contributed by atoms with Crippen molar-refractivity contribution in [1.29, 1.82) is 0 Å². The van der Waals surface area contributed by atoms with E-state index in [1.54, 1.807) is 13.1 Å². The standard InChI is InChI=1S/C9H12N4O/c1-5-6(2)12-8-7(3-10)4-11-13(8)9(5)14/h4,11H,3,10H2,1-2H3. The molecule has 0 radical (unpaired) electrons. The molecule has 14 heavy (non-hydrogen) atoms. The monoisotopic (exact) mass is 192 g/mol. The van der Waals surface area contributed by atoms with Crippen LogP contribution in [0.3, 0.4) is 0 Å². The average molecular weight is 192 g/mol. The zero-order valence-corrected chi connectivity index (χ0v) is 8.16. The van der Waals surface area contributed by atoms with Gasteiger partial charge in [-0.2, -0.15) is 0 Å². The van der Waals surface area contributed by atoms with Gasteiger partial charge < -0.3 is 5.73 Å². The molecule has 2 rings (SSSR count). The van der Waals surface area contributed by atoms with Gasteiger partial charge in [0.05, 0.1) is 0 Å². The molecular formula is C9H12N4O. The summed E-state index contributed by atoms with van der Waals surface area (Å²) in [7, 11) is 0. The topological polar surface area (TPSA) is 76.2 Å². The summed E-state index contributed by atoms with van der Waals surface area (Å²) in [6.45, 7) is 3.96. The molecule has 2 aromatic rings. The smallest absolute Gasteiger partial charge is 0.275 e. The van der Waals surface area contributed by atoms with Crippen LogP contribution < -0.4 is 11.3 Å². The highest BCUT2D eigenvalue weighted by molar-refractivity contribution is 5.47. The predicted molar refractivity (Wildman–Crippen MR) is 53.2 cm³/mol. The van der Waals surface area contributed by atoms with Crippen LogP contribution in [0.1, 0.15) is 16.8 Å². The first-order valence-electron chi connectivity index (χ1n) is 4.41. The first kappa shape index (κ1) is 8.96. The van der Waals surface area contributed by atoms with Gasteiger partial charge in [0.15, 0.2) is 5.65 Å². The largest absolute Gasteiger partial charge is 0.326 e. The van der Waals surface area contributed by atoms with Gasteiger partial charge in [0.2, 0.25) is 0 Å². The van der Waals surface area contributed by atoms with Crippen LogP contribution in [0.25, 0.3) is 5.65 Å². The van der Waals surface area contributed by atoms with Crippen LogP contribution in [0.5, 0.6) is 0 Å². The maximum Gasteiger partial charge on any atom is 0.275 e. The van der Waals surface area contributed by atoms with Crippen LogP contribution in [0, 0.1) is 13.8 Å². The Morgan fingerprint density at radius 1 is 1.57 bits per heavy atom. The van der Waals surface area contributed by atoms with Crippen LogP contribution in [0.15, 0.2) is 11.0 Å². The van der Waals surface area contributed by atoms with Crippen LogP contribution >= 0.6 is 0 Å². The van der Waals surface area contributed by atoms with E-state index in [-0.39, 0.29) is 5.56 Å². The third-order valence-corrected chi connectivity index (χ3v) is 2.43. The van der Waals surface area contributed by atoms with Gasteiger partial charge in [-0.05, 0) is 13.8 Å². The highest BCUT2D eigenvalue weighted by Crippen LogP contribution is 2.06. The maximum atomic E-state index is 11.7. The molecule has 0 saturated heterocycles. The second-order valence-electron chi connectivity index (χ2n) is 3.29. The molecule has 0 amide bonds. The SMILES string of the molecule is Cc1nc2c(CN)c[nH]n2c(=O)c1C. The van der Waals surface area contributed by atoms with Crippen LogP contribution in [-0.4, -0.2) is 14.6 Å². The molecule has 0 atom stereocenters. The van der Waals surface area contributed by atoms with E-state index >= 15 is 0 Å². The number of aromatic amines is 1. The Bertz CT molecular complexity index is 537. The molecule has 3 N–H and O–H groups in total. The molecule has 0 aliphatic rings. The second-order valence-corrected chi connectivity index (χ2v) is 3.29. The number of fused-ring (bicyclic) bond motifs is 1. The normalized spacial score (nSPS) is 11.1. The van der Waals surface area contributed by atoms with Crippen LogP contribution in [-0.2, 0) is 6.54 Å².